The third kappa shape index (κ3) is 4.98. The molecule has 2 rings (SSSR count). The van der Waals surface area contributed by atoms with Gasteiger partial charge in [0.15, 0.2) is 23.3 Å². The maximum atomic E-state index is 13.7. The van der Waals surface area contributed by atoms with Gasteiger partial charge in [0.05, 0.1) is 12.2 Å². The van der Waals surface area contributed by atoms with Crippen LogP contribution in [0.2, 0.25) is 0 Å². The van der Waals surface area contributed by atoms with Gasteiger partial charge in [0.1, 0.15) is 18.1 Å². The summed E-state index contributed by atoms with van der Waals surface area (Å²) < 4.78 is 70.0. The highest BCUT2D eigenvalue weighted by Gasteiger charge is 2.31. The van der Waals surface area contributed by atoms with E-state index in [9.17, 15) is 22.0 Å². The van der Waals surface area contributed by atoms with E-state index < -0.39 is 45.0 Å². The van der Waals surface area contributed by atoms with Crippen molar-refractivity contribution in [3.05, 3.63) is 64.5 Å². The highest BCUT2D eigenvalue weighted by Crippen LogP contribution is 2.32. The Bertz CT molecular complexity index is 857. The molecule has 0 spiro atoms. The second-order valence-electron chi connectivity index (χ2n) is 5.22. The van der Waals surface area contributed by atoms with Crippen LogP contribution in [-0.2, 0) is 11.4 Å². The molecule has 28 heavy (non-hydrogen) atoms. The fourth-order valence-electron chi connectivity index (χ4n) is 2.08. The smallest absolute Gasteiger partial charge is 0.236 e. The lowest BCUT2D eigenvalue weighted by atomic mass is 10.1. The second-order valence-corrected chi connectivity index (χ2v) is 7.50. The van der Waals surface area contributed by atoms with E-state index in [4.69, 9.17) is 44.4 Å². The van der Waals surface area contributed by atoms with Crippen LogP contribution in [0.15, 0.2) is 29.4 Å². The molecule has 2 aromatic rings. The van der Waals surface area contributed by atoms with Gasteiger partial charge in [-0.2, -0.15) is 0 Å². The predicted molar refractivity (Wildman–Crippen MR) is 95.5 cm³/mol. The molecule has 0 aromatic heterocycles. The zero-order chi connectivity index (χ0) is 21.1. The van der Waals surface area contributed by atoms with Gasteiger partial charge in [-0.05, 0) is 31.2 Å². The Morgan fingerprint density at radius 1 is 0.893 bits per heavy atom. The molecular formula is C17H11Cl3F5NO2. The van der Waals surface area contributed by atoms with Crippen molar-refractivity contribution in [2.75, 3.05) is 6.61 Å². The molecule has 0 amide bonds. The average Bonchev–Trinajstić information content (AvgIpc) is 2.64. The van der Waals surface area contributed by atoms with Crippen molar-refractivity contribution < 1.29 is 31.5 Å². The number of benzene rings is 2. The maximum Gasteiger partial charge on any atom is 0.236 e. The Balaban J connectivity index is 2.31. The standard InChI is InChI=1S/C17H11Cl3F5NO2/c1-2-27-9-5-3-8(4-6-9)16(17(18,19)20)26-28-7-10-11(21)13(23)15(25)14(24)12(10)22/h3-6H,2,7H2,1H3. The van der Waals surface area contributed by atoms with E-state index in [0.717, 1.165) is 0 Å². The van der Waals surface area contributed by atoms with Crippen LogP contribution in [0.25, 0.3) is 0 Å². The summed E-state index contributed by atoms with van der Waals surface area (Å²) in [4.78, 5) is 4.72. The van der Waals surface area contributed by atoms with E-state index in [2.05, 4.69) is 5.16 Å². The molecule has 3 nitrogen and oxygen atoms in total. The van der Waals surface area contributed by atoms with Crippen molar-refractivity contribution in [2.45, 2.75) is 17.3 Å². The van der Waals surface area contributed by atoms with Crippen LogP contribution in [0.5, 0.6) is 5.75 Å². The quantitative estimate of drug-likeness (QED) is 0.130. The third-order valence-corrected chi connectivity index (χ3v) is 3.91. The van der Waals surface area contributed by atoms with Crippen LogP contribution in [-0.4, -0.2) is 16.1 Å². The minimum Gasteiger partial charge on any atom is -0.494 e. The van der Waals surface area contributed by atoms with E-state index >= 15 is 0 Å². The molecule has 0 aliphatic rings. The second kappa shape index (κ2) is 9.15. The number of hydrogen-bond donors (Lipinski definition) is 0. The number of halogens is 8. The number of alkyl halides is 3. The van der Waals surface area contributed by atoms with Crippen LogP contribution >= 0.6 is 34.8 Å². The summed E-state index contributed by atoms with van der Waals surface area (Å²) in [6, 6.07) is 6.06. The van der Waals surface area contributed by atoms with Gasteiger partial charge in [0.25, 0.3) is 0 Å². The minimum absolute atomic E-state index is 0.265. The van der Waals surface area contributed by atoms with Gasteiger partial charge in [0, 0.05) is 5.56 Å². The first-order chi connectivity index (χ1) is 13.1. The molecule has 0 radical (unpaired) electrons. The lowest BCUT2D eigenvalue weighted by molar-refractivity contribution is 0.122. The summed E-state index contributed by atoms with van der Waals surface area (Å²) in [5.74, 6) is -10.0. The number of hydrogen-bond acceptors (Lipinski definition) is 3. The first-order valence-corrected chi connectivity index (χ1v) is 8.72. The maximum absolute atomic E-state index is 13.7. The van der Waals surface area contributed by atoms with Gasteiger partial charge in [-0.15, -0.1) is 0 Å². The van der Waals surface area contributed by atoms with Crippen molar-refractivity contribution >= 4 is 40.5 Å². The lowest BCUT2D eigenvalue weighted by Crippen LogP contribution is -2.21. The Kier molecular flexibility index (Phi) is 7.36. The molecule has 0 saturated heterocycles. The monoisotopic (exact) mass is 461 g/mol. The SMILES string of the molecule is CCOc1ccc(C(=NOCc2c(F)c(F)c(F)c(F)c2F)C(Cl)(Cl)Cl)cc1. The molecule has 0 N–H and O–H groups in total. The predicted octanol–water partition coefficient (Wildman–Crippen LogP) is 6.07. The Morgan fingerprint density at radius 3 is 1.86 bits per heavy atom. The van der Waals surface area contributed by atoms with E-state index in [1.807, 2.05) is 0 Å². The van der Waals surface area contributed by atoms with Crippen molar-refractivity contribution in [3.63, 3.8) is 0 Å². The van der Waals surface area contributed by atoms with E-state index in [1.165, 1.54) is 12.1 Å². The number of rotatable bonds is 6. The molecule has 0 bridgehead atoms. The van der Waals surface area contributed by atoms with Crippen LogP contribution in [0.3, 0.4) is 0 Å². The highest BCUT2D eigenvalue weighted by atomic mass is 35.6. The fraction of sp³-hybridized carbons (Fsp3) is 0.235. The number of ether oxygens (including phenoxy) is 1. The lowest BCUT2D eigenvalue weighted by Gasteiger charge is -2.15. The van der Waals surface area contributed by atoms with Gasteiger partial charge < -0.3 is 9.57 Å². The van der Waals surface area contributed by atoms with Gasteiger partial charge in [-0.1, -0.05) is 40.0 Å². The van der Waals surface area contributed by atoms with Gasteiger partial charge >= 0.3 is 0 Å². The summed E-state index contributed by atoms with van der Waals surface area (Å²) in [6.07, 6.45) is 0. The van der Waals surface area contributed by atoms with Crippen molar-refractivity contribution in [2.24, 2.45) is 5.16 Å². The molecule has 152 valence electrons. The fourth-order valence-corrected chi connectivity index (χ4v) is 2.51. The summed E-state index contributed by atoms with van der Waals surface area (Å²) in [6.45, 7) is 1.12. The summed E-state index contributed by atoms with van der Waals surface area (Å²) in [7, 11) is 0. The normalized spacial score (nSPS) is 12.2. The zero-order valence-electron chi connectivity index (χ0n) is 14.0. The molecular weight excluding hydrogens is 452 g/mol. The van der Waals surface area contributed by atoms with Crippen LogP contribution in [0.4, 0.5) is 22.0 Å². The van der Waals surface area contributed by atoms with Crippen LogP contribution in [0.1, 0.15) is 18.1 Å². The topological polar surface area (TPSA) is 30.8 Å². The highest BCUT2D eigenvalue weighted by molar-refractivity contribution is 6.77. The van der Waals surface area contributed by atoms with Crippen molar-refractivity contribution in [1.29, 1.82) is 0 Å². The molecule has 0 unspecified atom stereocenters. The molecule has 0 aliphatic carbocycles. The molecule has 0 fully saturated rings. The number of nitrogens with zero attached hydrogens (tertiary/aromatic N) is 1. The van der Waals surface area contributed by atoms with Crippen LogP contribution in [0, 0.1) is 29.1 Å². The zero-order valence-corrected chi connectivity index (χ0v) is 16.3. The average molecular weight is 463 g/mol. The first kappa shape index (κ1) is 22.5. The molecule has 11 heteroatoms. The van der Waals surface area contributed by atoms with E-state index in [-0.39, 0.29) is 11.3 Å². The van der Waals surface area contributed by atoms with Gasteiger partial charge in [-0.25, -0.2) is 22.0 Å². The van der Waals surface area contributed by atoms with Gasteiger partial charge in [0.2, 0.25) is 9.61 Å². The Hall–Kier alpha value is -1.77. The van der Waals surface area contributed by atoms with Gasteiger partial charge in [-0.3, -0.25) is 0 Å². The minimum atomic E-state index is -2.28. The summed E-state index contributed by atoms with van der Waals surface area (Å²) >= 11 is 17.5. The Morgan fingerprint density at radius 2 is 1.39 bits per heavy atom. The Labute approximate surface area is 171 Å². The number of oxime groups is 1. The van der Waals surface area contributed by atoms with E-state index in [0.29, 0.717) is 12.4 Å². The van der Waals surface area contributed by atoms with Crippen LogP contribution < -0.4 is 4.74 Å². The van der Waals surface area contributed by atoms with E-state index in [1.54, 1.807) is 19.1 Å². The summed E-state index contributed by atoms with van der Waals surface area (Å²) in [5, 5.41) is 3.51. The molecule has 0 atom stereocenters. The van der Waals surface area contributed by atoms with Crippen molar-refractivity contribution in [1.82, 2.24) is 0 Å². The molecule has 0 saturated carbocycles. The molecule has 0 aliphatic heterocycles. The third-order valence-electron chi connectivity index (χ3n) is 3.37. The van der Waals surface area contributed by atoms with Crippen molar-refractivity contribution in [3.8, 4) is 5.75 Å². The molecule has 0 heterocycles. The largest absolute Gasteiger partial charge is 0.494 e. The first-order valence-electron chi connectivity index (χ1n) is 7.58. The molecule has 2 aromatic carbocycles. The summed E-state index contributed by atoms with van der Waals surface area (Å²) in [5.41, 5.74) is -1.22.